The van der Waals surface area contributed by atoms with Gasteiger partial charge in [0.15, 0.2) is 0 Å². The van der Waals surface area contributed by atoms with E-state index < -0.39 is 27.4 Å². The largest absolute Gasteiger partial charge is 0.480 e. The molecule has 0 spiro atoms. The molecule has 1 fully saturated rings. The lowest BCUT2D eigenvalue weighted by atomic mass is 10.3. The predicted molar refractivity (Wildman–Crippen MR) is 76.5 cm³/mol. The molecule has 1 aliphatic heterocycles. The number of benzene rings is 1. The number of rotatable bonds is 3. The molecule has 1 saturated heterocycles. The van der Waals surface area contributed by atoms with Gasteiger partial charge in [-0.15, -0.1) is 11.8 Å². The van der Waals surface area contributed by atoms with Crippen molar-refractivity contribution in [3.8, 4) is 0 Å². The van der Waals surface area contributed by atoms with Crippen LogP contribution in [0.2, 0.25) is 0 Å². The van der Waals surface area contributed by atoms with E-state index in [1.807, 2.05) is 0 Å². The first kappa shape index (κ1) is 14.8. The summed E-state index contributed by atoms with van der Waals surface area (Å²) in [5.41, 5.74) is 0. The molecule has 2 rings (SSSR count). The van der Waals surface area contributed by atoms with Gasteiger partial charge in [0.1, 0.15) is 6.04 Å². The van der Waals surface area contributed by atoms with Crippen LogP contribution in [0, 0.1) is 0 Å². The summed E-state index contributed by atoms with van der Waals surface area (Å²) in [6.45, 7) is 1.70. The number of halogens is 1. The second-order valence-electron chi connectivity index (χ2n) is 4.05. The maximum atomic E-state index is 12.6. The van der Waals surface area contributed by atoms with Gasteiger partial charge < -0.3 is 5.11 Å². The molecule has 2 atom stereocenters. The van der Waals surface area contributed by atoms with E-state index in [0.29, 0.717) is 4.47 Å². The average Bonchev–Trinajstić information content (AvgIpc) is 2.72. The monoisotopic (exact) mass is 365 g/mol. The molecule has 1 heterocycles. The number of carboxylic acids is 1. The lowest BCUT2D eigenvalue weighted by Crippen LogP contribution is -2.44. The number of nitrogens with zero attached hydrogens (tertiary/aromatic N) is 1. The van der Waals surface area contributed by atoms with E-state index in [-0.39, 0.29) is 10.6 Å². The lowest BCUT2D eigenvalue weighted by molar-refractivity contribution is -0.140. The van der Waals surface area contributed by atoms with Crippen LogP contribution in [0.1, 0.15) is 6.92 Å². The first-order valence-corrected chi connectivity index (χ1v) is 8.76. The van der Waals surface area contributed by atoms with Gasteiger partial charge in [-0.3, -0.25) is 4.79 Å². The molecule has 1 N–H and O–H groups in total. The van der Waals surface area contributed by atoms with Gasteiger partial charge in [-0.2, -0.15) is 4.31 Å². The summed E-state index contributed by atoms with van der Waals surface area (Å²) in [4.78, 5) is 11.3. The Bertz CT molecular complexity index is 604. The third-order valence-electron chi connectivity index (χ3n) is 2.84. The zero-order valence-electron chi connectivity index (χ0n) is 9.98. The predicted octanol–water partition coefficient (Wildman–Crippen LogP) is 1.99. The molecule has 19 heavy (non-hydrogen) atoms. The summed E-state index contributed by atoms with van der Waals surface area (Å²) in [5.74, 6) is -0.854. The van der Waals surface area contributed by atoms with Crippen LogP contribution in [0.4, 0.5) is 0 Å². The fourth-order valence-electron chi connectivity index (χ4n) is 1.94. The van der Waals surface area contributed by atoms with E-state index >= 15 is 0 Å². The first-order valence-electron chi connectivity index (χ1n) is 5.48. The second kappa shape index (κ2) is 5.43. The summed E-state index contributed by atoms with van der Waals surface area (Å²) in [6.07, 6.45) is 0. The fraction of sp³-hybridized carbons (Fsp3) is 0.364. The molecule has 8 heteroatoms. The summed E-state index contributed by atoms with van der Waals surface area (Å²) >= 11 is 4.52. The van der Waals surface area contributed by atoms with Gasteiger partial charge in [-0.1, -0.05) is 12.1 Å². The van der Waals surface area contributed by atoms with E-state index in [0.717, 1.165) is 4.31 Å². The highest BCUT2D eigenvalue weighted by Crippen LogP contribution is 2.36. The van der Waals surface area contributed by atoms with Crippen LogP contribution < -0.4 is 0 Å². The second-order valence-corrected chi connectivity index (χ2v) is 8.07. The molecule has 0 radical (unpaired) electrons. The Kier molecular flexibility index (Phi) is 4.24. The number of aliphatic carboxylic acids is 1. The minimum Gasteiger partial charge on any atom is -0.480 e. The third-order valence-corrected chi connectivity index (χ3v) is 7.18. The Labute approximate surface area is 124 Å². The van der Waals surface area contributed by atoms with Gasteiger partial charge >= 0.3 is 5.97 Å². The van der Waals surface area contributed by atoms with Crippen molar-refractivity contribution in [2.45, 2.75) is 23.2 Å². The third kappa shape index (κ3) is 2.67. The van der Waals surface area contributed by atoms with E-state index in [9.17, 15) is 13.2 Å². The van der Waals surface area contributed by atoms with E-state index in [1.165, 1.54) is 17.8 Å². The highest BCUT2D eigenvalue weighted by atomic mass is 79.9. The first-order chi connectivity index (χ1) is 8.85. The van der Waals surface area contributed by atoms with E-state index in [4.69, 9.17) is 5.11 Å². The number of carbonyl (C=O) groups is 1. The standard InChI is InChI=1S/C11H12BrNO4S2/c1-7-13(9(6-18-7)11(14)15)19(16,17)10-5-3-2-4-8(10)12/h2-5,7,9H,6H2,1H3,(H,14,15). The summed E-state index contributed by atoms with van der Waals surface area (Å²) in [6, 6.07) is 5.39. The molecule has 0 bridgehead atoms. The zero-order valence-corrected chi connectivity index (χ0v) is 13.2. The zero-order chi connectivity index (χ0) is 14.2. The van der Waals surface area contributed by atoms with Crippen LogP contribution in [0.25, 0.3) is 0 Å². The van der Waals surface area contributed by atoms with Crippen LogP contribution in [-0.4, -0.2) is 41.0 Å². The van der Waals surface area contributed by atoms with E-state index in [1.54, 1.807) is 25.1 Å². The summed E-state index contributed by atoms with van der Waals surface area (Å²) in [7, 11) is -3.83. The number of thioether (sulfide) groups is 1. The minimum atomic E-state index is -3.83. The van der Waals surface area contributed by atoms with Gasteiger partial charge in [-0.05, 0) is 35.0 Å². The quantitative estimate of drug-likeness (QED) is 0.886. The Balaban J connectivity index is 2.50. The van der Waals surface area contributed by atoms with E-state index in [2.05, 4.69) is 15.9 Å². The van der Waals surface area contributed by atoms with Crippen molar-refractivity contribution in [2.24, 2.45) is 0 Å². The molecule has 5 nitrogen and oxygen atoms in total. The maximum absolute atomic E-state index is 12.6. The Morgan fingerprint density at radius 3 is 2.68 bits per heavy atom. The van der Waals surface area contributed by atoms with Crippen molar-refractivity contribution in [1.82, 2.24) is 4.31 Å². The normalized spacial score (nSPS) is 24.5. The van der Waals surface area contributed by atoms with Crippen molar-refractivity contribution in [3.63, 3.8) is 0 Å². The van der Waals surface area contributed by atoms with Crippen LogP contribution in [0.3, 0.4) is 0 Å². The van der Waals surface area contributed by atoms with Gasteiger partial charge in [0.25, 0.3) is 0 Å². The number of carboxylic acid groups (broad SMARTS) is 1. The van der Waals surface area contributed by atoms with Gasteiger partial charge in [0.05, 0.1) is 10.3 Å². The Hall–Kier alpha value is -0.570. The van der Waals surface area contributed by atoms with Crippen LogP contribution >= 0.6 is 27.7 Å². The molecule has 0 saturated carbocycles. The molecule has 0 aromatic heterocycles. The summed E-state index contributed by atoms with van der Waals surface area (Å²) < 4.78 is 26.7. The van der Waals surface area contributed by atoms with Gasteiger partial charge in [0.2, 0.25) is 10.0 Å². The molecule has 0 amide bonds. The molecule has 104 valence electrons. The van der Waals surface area contributed by atoms with Crippen LogP contribution in [0.5, 0.6) is 0 Å². The number of sulfonamides is 1. The maximum Gasteiger partial charge on any atom is 0.322 e. The Morgan fingerprint density at radius 2 is 2.11 bits per heavy atom. The lowest BCUT2D eigenvalue weighted by Gasteiger charge is -2.24. The number of hydrogen-bond donors (Lipinski definition) is 1. The minimum absolute atomic E-state index is 0.0931. The molecular weight excluding hydrogens is 354 g/mol. The molecule has 0 aliphatic carbocycles. The highest BCUT2D eigenvalue weighted by Gasteiger charge is 2.44. The fourth-order valence-corrected chi connectivity index (χ4v) is 6.20. The summed E-state index contributed by atoms with van der Waals surface area (Å²) in [5, 5.41) is 8.76. The van der Waals surface area contributed by atoms with Crippen LogP contribution in [0.15, 0.2) is 33.6 Å². The highest BCUT2D eigenvalue weighted by molar-refractivity contribution is 9.10. The molecule has 1 aliphatic rings. The van der Waals surface area contributed by atoms with Crippen molar-refractivity contribution >= 4 is 43.7 Å². The molecule has 2 unspecified atom stereocenters. The topological polar surface area (TPSA) is 74.7 Å². The van der Waals surface area contributed by atoms with Gasteiger partial charge in [-0.25, -0.2) is 8.42 Å². The smallest absolute Gasteiger partial charge is 0.322 e. The van der Waals surface area contributed by atoms with Crippen LogP contribution in [-0.2, 0) is 14.8 Å². The van der Waals surface area contributed by atoms with Gasteiger partial charge in [0, 0.05) is 10.2 Å². The average molecular weight is 366 g/mol. The van der Waals surface area contributed by atoms with Crippen molar-refractivity contribution in [3.05, 3.63) is 28.7 Å². The SMILES string of the molecule is CC1SCC(C(=O)O)N1S(=O)(=O)c1ccccc1Br. The van der Waals surface area contributed by atoms with Crippen molar-refractivity contribution in [2.75, 3.05) is 5.75 Å². The molecular formula is C11H12BrNO4S2. The molecule has 1 aromatic rings. The van der Waals surface area contributed by atoms with Crippen molar-refractivity contribution < 1.29 is 18.3 Å². The molecule has 1 aromatic carbocycles. The van der Waals surface area contributed by atoms with Crippen molar-refractivity contribution in [1.29, 1.82) is 0 Å². The number of hydrogen-bond acceptors (Lipinski definition) is 4. The Morgan fingerprint density at radius 1 is 1.47 bits per heavy atom.